The third-order valence-corrected chi connectivity index (χ3v) is 2.27. The van der Waals surface area contributed by atoms with Crippen LogP contribution in [0.25, 0.3) is 0 Å². The Balaban J connectivity index is 4.27. The van der Waals surface area contributed by atoms with Gasteiger partial charge in [-0.25, -0.2) is 0 Å². The van der Waals surface area contributed by atoms with Crippen LogP contribution < -0.4 is 10.6 Å². The Hall–Kier alpha value is -1.31. The predicted octanol–water partition coefficient (Wildman–Crippen LogP) is 0.577. The maximum absolute atomic E-state index is 12.0. The van der Waals surface area contributed by atoms with Crippen LogP contribution in [0.15, 0.2) is 0 Å². The van der Waals surface area contributed by atoms with Gasteiger partial charge in [-0.3, -0.25) is 9.59 Å². The average molecular weight is 284 g/mol. The number of amides is 2. The maximum atomic E-state index is 12.0. The Morgan fingerprint density at radius 1 is 1.21 bits per heavy atom. The third-order valence-electron chi connectivity index (χ3n) is 2.27. The fraction of sp³-hybridized carbons (Fsp3) is 0.818. The first kappa shape index (κ1) is 17.7. The van der Waals surface area contributed by atoms with E-state index in [1.807, 2.05) is 5.32 Å². The Morgan fingerprint density at radius 3 is 2.05 bits per heavy atom. The van der Waals surface area contributed by atoms with Crippen molar-refractivity contribution in [3.8, 4) is 0 Å². The summed E-state index contributed by atoms with van der Waals surface area (Å²) in [6, 6.07) is -0.979. The fourth-order valence-electron chi connectivity index (χ4n) is 0.945. The fourth-order valence-corrected chi connectivity index (χ4v) is 0.945. The lowest BCUT2D eigenvalue weighted by Gasteiger charge is -2.22. The molecule has 0 aromatic heterocycles. The minimum absolute atomic E-state index is 0.397. The van der Waals surface area contributed by atoms with Crippen molar-refractivity contribution < 1.29 is 27.9 Å². The number of aliphatic hydroxyl groups is 1. The number of alkyl halides is 3. The highest BCUT2D eigenvalue weighted by atomic mass is 19.4. The highest BCUT2D eigenvalue weighted by molar-refractivity contribution is 5.89. The molecule has 0 heterocycles. The summed E-state index contributed by atoms with van der Waals surface area (Å²) in [5, 5.41) is 13.0. The molecular weight excluding hydrogens is 265 g/mol. The van der Waals surface area contributed by atoms with E-state index < -0.39 is 42.1 Å². The van der Waals surface area contributed by atoms with E-state index in [4.69, 9.17) is 5.11 Å². The molecule has 2 amide bonds. The van der Waals surface area contributed by atoms with Crippen molar-refractivity contribution >= 4 is 11.8 Å². The number of hydrogen-bond acceptors (Lipinski definition) is 3. The van der Waals surface area contributed by atoms with Gasteiger partial charge in [0.15, 0.2) is 6.10 Å². The topological polar surface area (TPSA) is 78.4 Å². The van der Waals surface area contributed by atoms with E-state index in [2.05, 4.69) is 5.32 Å². The van der Waals surface area contributed by atoms with Gasteiger partial charge in [0, 0.05) is 5.41 Å². The van der Waals surface area contributed by atoms with Crippen LogP contribution in [0.3, 0.4) is 0 Å². The van der Waals surface area contributed by atoms with Crippen LogP contribution in [0.4, 0.5) is 13.2 Å². The molecule has 2 atom stereocenters. The zero-order chi connectivity index (χ0) is 15.4. The average Bonchev–Trinajstić information content (AvgIpc) is 2.22. The smallest absolute Gasteiger partial charge is 0.382 e. The molecule has 8 heteroatoms. The van der Waals surface area contributed by atoms with Crippen molar-refractivity contribution in [1.82, 2.24) is 10.6 Å². The molecule has 112 valence electrons. The lowest BCUT2D eigenvalue weighted by molar-refractivity contribution is -0.201. The van der Waals surface area contributed by atoms with Gasteiger partial charge in [0.1, 0.15) is 6.04 Å². The van der Waals surface area contributed by atoms with E-state index in [0.29, 0.717) is 0 Å². The molecule has 0 spiro atoms. The molecule has 19 heavy (non-hydrogen) atoms. The summed E-state index contributed by atoms with van der Waals surface area (Å²) in [4.78, 5) is 23.0. The molecule has 3 N–H and O–H groups in total. The second-order valence-corrected chi connectivity index (χ2v) is 5.25. The van der Waals surface area contributed by atoms with Gasteiger partial charge in [0.05, 0.1) is 6.54 Å². The summed E-state index contributed by atoms with van der Waals surface area (Å²) in [5.41, 5.74) is -0.708. The quantitative estimate of drug-likeness (QED) is 0.706. The van der Waals surface area contributed by atoms with E-state index in [1.54, 1.807) is 20.8 Å². The second kappa shape index (κ2) is 6.23. The number of halogens is 3. The normalized spacial score (nSPS) is 15.6. The summed E-state index contributed by atoms with van der Waals surface area (Å²) in [7, 11) is 0. The van der Waals surface area contributed by atoms with Crippen molar-refractivity contribution in [2.24, 2.45) is 5.41 Å². The zero-order valence-electron chi connectivity index (χ0n) is 11.3. The Labute approximate surface area is 109 Å². The van der Waals surface area contributed by atoms with Gasteiger partial charge in [0.25, 0.3) is 0 Å². The third kappa shape index (κ3) is 6.42. The summed E-state index contributed by atoms with van der Waals surface area (Å²) < 4.78 is 36.0. The largest absolute Gasteiger partial charge is 0.416 e. The minimum Gasteiger partial charge on any atom is -0.382 e. The van der Waals surface area contributed by atoms with E-state index >= 15 is 0 Å². The first-order valence-corrected chi connectivity index (χ1v) is 5.69. The summed E-state index contributed by atoms with van der Waals surface area (Å²) in [6.45, 7) is 5.32. The Morgan fingerprint density at radius 2 is 1.68 bits per heavy atom. The number of rotatable bonds is 4. The van der Waals surface area contributed by atoms with E-state index in [1.165, 1.54) is 6.92 Å². The van der Waals surface area contributed by atoms with Crippen molar-refractivity contribution in [2.75, 3.05) is 6.54 Å². The van der Waals surface area contributed by atoms with Crippen LogP contribution in [0.1, 0.15) is 27.7 Å². The molecule has 0 saturated carbocycles. The lowest BCUT2D eigenvalue weighted by atomic mass is 9.95. The molecule has 0 radical (unpaired) electrons. The number of carbonyl (C=O) groups is 2. The Bertz CT molecular complexity index is 337. The van der Waals surface area contributed by atoms with E-state index in [9.17, 15) is 22.8 Å². The van der Waals surface area contributed by atoms with Gasteiger partial charge in [-0.1, -0.05) is 20.8 Å². The van der Waals surface area contributed by atoms with Crippen molar-refractivity contribution in [3.05, 3.63) is 0 Å². The number of nitrogens with one attached hydrogen (secondary N) is 2. The SMILES string of the molecule is CC(NC(=O)C(C)(C)C)C(=O)NCC(O)C(F)(F)F. The molecule has 0 fully saturated rings. The van der Waals surface area contributed by atoms with Gasteiger partial charge in [-0.2, -0.15) is 13.2 Å². The van der Waals surface area contributed by atoms with Gasteiger partial charge < -0.3 is 15.7 Å². The van der Waals surface area contributed by atoms with Crippen LogP contribution in [0.5, 0.6) is 0 Å². The van der Waals surface area contributed by atoms with Gasteiger partial charge in [-0.15, -0.1) is 0 Å². The molecule has 0 bridgehead atoms. The summed E-state index contributed by atoms with van der Waals surface area (Å²) in [5.74, 6) is -1.19. The minimum atomic E-state index is -4.79. The maximum Gasteiger partial charge on any atom is 0.416 e. The second-order valence-electron chi connectivity index (χ2n) is 5.25. The molecule has 0 aliphatic carbocycles. The number of aliphatic hydroxyl groups excluding tert-OH is 1. The van der Waals surface area contributed by atoms with Crippen LogP contribution >= 0.6 is 0 Å². The monoisotopic (exact) mass is 284 g/mol. The Kier molecular flexibility index (Phi) is 5.80. The predicted molar refractivity (Wildman–Crippen MR) is 62.1 cm³/mol. The highest BCUT2D eigenvalue weighted by Gasteiger charge is 2.38. The highest BCUT2D eigenvalue weighted by Crippen LogP contribution is 2.19. The van der Waals surface area contributed by atoms with Crippen LogP contribution in [-0.2, 0) is 9.59 Å². The van der Waals surface area contributed by atoms with Gasteiger partial charge in [-0.05, 0) is 6.92 Å². The number of carbonyl (C=O) groups excluding carboxylic acids is 2. The van der Waals surface area contributed by atoms with Crippen LogP contribution in [0.2, 0.25) is 0 Å². The van der Waals surface area contributed by atoms with Crippen molar-refractivity contribution in [1.29, 1.82) is 0 Å². The van der Waals surface area contributed by atoms with Gasteiger partial charge in [0.2, 0.25) is 11.8 Å². The van der Waals surface area contributed by atoms with E-state index in [0.717, 1.165) is 0 Å². The molecule has 0 saturated heterocycles. The zero-order valence-corrected chi connectivity index (χ0v) is 11.3. The van der Waals surface area contributed by atoms with Crippen molar-refractivity contribution in [2.45, 2.75) is 46.0 Å². The van der Waals surface area contributed by atoms with Crippen LogP contribution in [-0.4, -0.2) is 41.8 Å². The number of hydrogen-bond donors (Lipinski definition) is 3. The van der Waals surface area contributed by atoms with Gasteiger partial charge >= 0.3 is 6.18 Å². The van der Waals surface area contributed by atoms with E-state index in [-0.39, 0.29) is 0 Å². The molecule has 5 nitrogen and oxygen atoms in total. The molecule has 2 unspecified atom stereocenters. The lowest BCUT2D eigenvalue weighted by Crippen LogP contribution is -2.50. The molecule has 0 aromatic rings. The molecule has 0 aliphatic rings. The van der Waals surface area contributed by atoms with Crippen molar-refractivity contribution in [3.63, 3.8) is 0 Å². The molecule has 0 rings (SSSR count). The van der Waals surface area contributed by atoms with Crippen LogP contribution in [0, 0.1) is 5.41 Å². The molecule has 0 aliphatic heterocycles. The molecular formula is C11H19F3N2O3. The summed E-state index contributed by atoms with van der Waals surface area (Å²) >= 11 is 0. The first-order valence-electron chi connectivity index (χ1n) is 5.69. The molecule has 0 aromatic carbocycles. The summed E-state index contributed by atoms with van der Waals surface area (Å²) in [6.07, 6.45) is -7.41. The standard InChI is InChI=1S/C11H19F3N2O3/c1-6(16-9(19)10(2,3)4)8(18)15-5-7(17)11(12,13)14/h6-7,17H,5H2,1-4H3,(H,15,18)(H,16,19). The first-order chi connectivity index (χ1) is 8.35.